The van der Waals surface area contributed by atoms with Gasteiger partial charge in [0, 0.05) is 25.4 Å². The van der Waals surface area contributed by atoms with Gasteiger partial charge in [-0.25, -0.2) is 4.98 Å². The van der Waals surface area contributed by atoms with Gasteiger partial charge in [-0.1, -0.05) is 18.2 Å². The summed E-state index contributed by atoms with van der Waals surface area (Å²) in [6.07, 6.45) is 8.14. The molecule has 4 rings (SSSR count). The van der Waals surface area contributed by atoms with E-state index in [1.807, 2.05) is 36.5 Å². The highest BCUT2D eigenvalue weighted by molar-refractivity contribution is 7.18. The van der Waals surface area contributed by atoms with E-state index in [0.29, 0.717) is 6.42 Å². The maximum absolute atomic E-state index is 12.9. The molecule has 1 amide bonds. The molecule has 25 heavy (non-hydrogen) atoms. The van der Waals surface area contributed by atoms with Gasteiger partial charge < -0.3 is 4.90 Å². The second kappa shape index (κ2) is 7.31. The Kier molecular flexibility index (Phi) is 4.74. The summed E-state index contributed by atoms with van der Waals surface area (Å²) < 4.78 is 1.20. The van der Waals surface area contributed by atoms with Crippen molar-refractivity contribution in [1.82, 2.24) is 14.9 Å². The molecule has 0 aliphatic carbocycles. The van der Waals surface area contributed by atoms with E-state index in [4.69, 9.17) is 4.98 Å². The Balaban J connectivity index is 1.51. The second-order valence-corrected chi connectivity index (χ2v) is 7.54. The Labute approximate surface area is 151 Å². The number of likely N-dealkylation sites (tertiary alicyclic amines) is 1. The normalized spacial score (nSPS) is 17.8. The first kappa shape index (κ1) is 16.2. The van der Waals surface area contributed by atoms with Crippen LogP contribution in [0.2, 0.25) is 0 Å². The Morgan fingerprint density at radius 1 is 1.20 bits per heavy atom. The molecule has 4 nitrogen and oxygen atoms in total. The number of thiazole rings is 1. The maximum atomic E-state index is 12.9. The molecule has 1 unspecified atom stereocenters. The smallest absolute Gasteiger partial charge is 0.223 e. The Morgan fingerprint density at radius 2 is 2.12 bits per heavy atom. The molecule has 0 saturated carbocycles. The van der Waals surface area contributed by atoms with Crippen molar-refractivity contribution in [2.24, 2.45) is 0 Å². The number of fused-ring (bicyclic) bond motifs is 1. The van der Waals surface area contributed by atoms with Crippen molar-refractivity contribution >= 4 is 27.5 Å². The number of piperidine rings is 1. The zero-order chi connectivity index (χ0) is 17.1. The van der Waals surface area contributed by atoms with Crippen molar-refractivity contribution in [2.75, 3.05) is 6.54 Å². The van der Waals surface area contributed by atoms with Gasteiger partial charge in [-0.3, -0.25) is 9.78 Å². The second-order valence-electron chi connectivity index (χ2n) is 6.48. The quantitative estimate of drug-likeness (QED) is 0.701. The Bertz CT molecular complexity index is 829. The topological polar surface area (TPSA) is 46.1 Å². The number of carbonyl (C=O) groups excluding carboxylic acids is 1. The van der Waals surface area contributed by atoms with Crippen LogP contribution < -0.4 is 0 Å². The number of amides is 1. The van der Waals surface area contributed by atoms with Crippen LogP contribution >= 0.6 is 11.3 Å². The number of nitrogens with zero attached hydrogens (tertiary/aromatic N) is 3. The molecular formula is C20H21N3OS. The molecule has 3 heterocycles. The van der Waals surface area contributed by atoms with E-state index in [1.54, 1.807) is 17.5 Å². The molecule has 1 aromatic carbocycles. The number of benzene rings is 1. The summed E-state index contributed by atoms with van der Waals surface area (Å²) in [5, 5.41) is 1.08. The van der Waals surface area contributed by atoms with Crippen LogP contribution in [-0.4, -0.2) is 27.3 Å². The van der Waals surface area contributed by atoms with Crippen molar-refractivity contribution in [3.05, 3.63) is 59.4 Å². The molecule has 1 aliphatic rings. The minimum atomic E-state index is 0.132. The van der Waals surface area contributed by atoms with Crippen LogP contribution in [0.4, 0.5) is 0 Å². The number of aromatic nitrogens is 2. The van der Waals surface area contributed by atoms with Gasteiger partial charge in [-0.2, -0.15) is 0 Å². The predicted molar refractivity (Wildman–Crippen MR) is 100 cm³/mol. The van der Waals surface area contributed by atoms with Gasteiger partial charge in [0.1, 0.15) is 5.01 Å². The molecule has 0 N–H and O–H groups in total. The molecule has 1 saturated heterocycles. The van der Waals surface area contributed by atoms with Gasteiger partial charge in [-0.15, -0.1) is 11.3 Å². The average Bonchev–Trinajstić information content (AvgIpc) is 3.11. The number of hydrogen-bond donors (Lipinski definition) is 0. The lowest BCUT2D eigenvalue weighted by Crippen LogP contribution is -2.38. The SMILES string of the molecule is O=C(CCc1cccnc1)N1CCCCC1c1nc2ccccc2s1. The highest BCUT2D eigenvalue weighted by atomic mass is 32.1. The highest BCUT2D eigenvalue weighted by Crippen LogP contribution is 2.36. The van der Waals surface area contributed by atoms with E-state index in [-0.39, 0.29) is 11.9 Å². The minimum Gasteiger partial charge on any atom is -0.333 e. The van der Waals surface area contributed by atoms with Crippen molar-refractivity contribution in [3.8, 4) is 0 Å². The molecule has 3 aromatic rings. The van der Waals surface area contributed by atoms with E-state index < -0.39 is 0 Å². The summed E-state index contributed by atoms with van der Waals surface area (Å²) in [4.78, 5) is 23.8. The van der Waals surface area contributed by atoms with Crippen LogP contribution in [0.1, 0.15) is 42.3 Å². The summed E-state index contributed by atoms with van der Waals surface area (Å²) in [6, 6.07) is 12.3. The number of para-hydroxylation sites is 1. The van der Waals surface area contributed by atoms with Crippen molar-refractivity contribution in [2.45, 2.75) is 38.1 Å². The summed E-state index contributed by atoms with van der Waals surface area (Å²) >= 11 is 1.72. The molecule has 0 radical (unpaired) electrons. The third-order valence-electron chi connectivity index (χ3n) is 4.77. The van der Waals surface area contributed by atoms with Crippen molar-refractivity contribution in [3.63, 3.8) is 0 Å². The molecule has 0 bridgehead atoms. The van der Waals surface area contributed by atoms with E-state index in [2.05, 4.69) is 16.0 Å². The first-order valence-corrected chi connectivity index (χ1v) is 9.67. The van der Waals surface area contributed by atoms with Gasteiger partial charge in [0.2, 0.25) is 5.91 Å². The molecule has 0 spiro atoms. The zero-order valence-electron chi connectivity index (χ0n) is 14.1. The van der Waals surface area contributed by atoms with E-state index in [1.165, 1.54) is 4.70 Å². The fraction of sp³-hybridized carbons (Fsp3) is 0.350. The summed E-state index contributed by atoms with van der Waals surface area (Å²) in [5.74, 6) is 0.229. The predicted octanol–water partition coefficient (Wildman–Crippen LogP) is 4.38. The van der Waals surface area contributed by atoms with Crippen LogP contribution in [0.25, 0.3) is 10.2 Å². The van der Waals surface area contributed by atoms with E-state index >= 15 is 0 Å². The first-order valence-electron chi connectivity index (χ1n) is 8.85. The zero-order valence-corrected chi connectivity index (χ0v) is 14.9. The van der Waals surface area contributed by atoms with Crippen LogP contribution in [-0.2, 0) is 11.2 Å². The molecule has 1 atom stereocenters. The number of rotatable bonds is 4. The lowest BCUT2D eigenvalue weighted by molar-refractivity contribution is -0.135. The number of hydrogen-bond acceptors (Lipinski definition) is 4. The lowest BCUT2D eigenvalue weighted by atomic mass is 10.0. The van der Waals surface area contributed by atoms with Gasteiger partial charge >= 0.3 is 0 Å². The van der Waals surface area contributed by atoms with Crippen molar-refractivity contribution in [1.29, 1.82) is 0 Å². The Morgan fingerprint density at radius 3 is 2.96 bits per heavy atom. The average molecular weight is 351 g/mol. The molecule has 1 fully saturated rings. The molecule has 128 valence electrons. The molecular weight excluding hydrogens is 330 g/mol. The van der Waals surface area contributed by atoms with Crippen molar-refractivity contribution < 1.29 is 4.79 Å². The highest BCUT2D eigenvalue weighted by Gasteiger charge is 2.29. The van der Waals surface area contributed by atoms with Gasteiger partial charge in [0.15, 0.2) is 0 Å². The standard InChI is InChI=1S/C20H21N3OS/c24-19(11-10-15-6-5-12-21-14-15)23-13-4-3-8-17(23)20-22-16-7-1-2-9-18(16)25-20/h1-2,5-7,9,12,14,17H,3-4,8,10-11,13H2. The number of carbonyl (C=O) groups is 1. The fourth-order valence-electron chi connectivity index (χ4n) is 3.46. The third-order valence-corrected chi connectivity index (χ3v) is 5.91. The summed E-state index contributed by atoms with van der Waals surface area (Å²) in [7, 11) is 0. The number of pyridine rings is 1. The first-order chi connectivity index (χ1) is 12.3. The van der Waals surface area contributed by atoms with Gasteiger partial charge in [0.05, 0.1) is 16.3 Å². The van der Waals surface area contributed by atoms with E-state index in [9.17, 15) is 4.79 Å². The van der Waals surface area contributed by atoms with Crippen LogP contribution in [0.3, 0.4) is 0 Å². The Hall–Kier alpha value is -2.27. The number of aryl methyl sites for hydroxylation is 1. The molecule has 1 aliphatic heterocycles. The molecule has 5 heteroatoms. The summed E-state index contributed by atoms with van der Waals surface area (Å²) in [5.41, 5.74) is 2.15. The van der Waals surface area contributed by atoms with E-state index in [0.717, 1.165) is 48.3 Å². The molecule has 2 aromatic heterocycles. The third kappa shape index (κ3) is 3.56. The monoisotopic (exact) mass is 351 g/mol. The van der Waals surface area contributed by atoms with Crippen LogP contribution in [0.15, 0.2) is 48.8 Å². The van der Waals surface area contributed by atoms with Crippen LogP contribution in [0, 0.1) is 0 Å². The largest absolute Gasteiger partial charge is 0.333 e. The summed E-state index contributed by atoms with van der Waals surface area (Å²) in [6.45, 7) is 0.840. The van der Waals surface area contributed by atoms with Gasteiger partial charge in [-0.05, 0) is 49.4 Å². The van der Waals surface area contributed by atoms with Crippen LogP contribution in [0.5, 0.6) is 0 Å². The minimum absolute atomic E-state index is 0.132. The lowest BCUT2D eigenvalue weighted by Gasteiger charge is -2.34. The van der Waals surface area contributed by atoms with Gasteiger partial charge in [0.25, 0.3) is 0 Å². The fourth-order valence-corrected chi connectivity index (χ4v) is 4.58. The maximum Gasteiger partial charge on any atom is 0.223 e.